The largest absolute Gasteiger partial charge is 0.447 e. The maximum Gasteiger partial charge on any atom is 0.411 e. The Kier molecular flexibility index (Phi) is 7.82. The van der Waals surface area contributed by atoms with Crippen molar-refractivity contribution in [1.82, 2.24) is 15.2 Å². The van der Waals surface area contributed by atoms with Crippen LogP contribution in [-0.4, -0.2) is 49.3 Å². The Morgan fingerprint density at radius 3 is 2.19 bits per heavy atom. The van der Waals surface area contributed by atoms with Gasteiger partial charge in [0.15, 0.2) is 0 Å². The number of ether oxygens (including phenoxy) is 2. The molecule has 2 unspecified atom stereocenters. The summed E-state index contributed by atoms with van der Waals surface area (Å²) >= 11 is 0. The van der Waals surface area contributed by atoms with E-state index in [9.17, 15) is 9.59 Å². The average Bonchev–Trinajstić information content (AvgIpc) is 3.23. The lowest BCUT2D eigenvalue weighted by molar-refractivity contribution is -0.198. The molecule has 1 aromatic heterocycles. The zero-order valence-corrected chi connectivity index (χ0v) is 22.9. The van der Waals surface area contributed by atoms with Gasteiger partial charge in [-0.1, -0.05) is 77.9 Å². The molecule has 1 N–H and O–H groups in total. The molecule has 0 aliphatic carbocycles. The summed E-state index contributed by atoms with van der Waals surface area (Å²) < 4.78 is 18.7. The second-order valence-corrected chi connectivity index (χ2v) is 15.9. The van der Waals surface area contributed by atoms with Crippen LogP contribution in [0.25, 0.3) is 0 Å². The molecule has 2 amide bonds. The third-order valence-corrected chi connectivity index (χ3v) is 13.5. The van der Waals surface area contributed by atoms with E-state index in [4.69, 9.17) is 13.9 Å². The van der Waals surface area contributed by atoms with Crippen LogP contribution in [0, 0.1) is 0 Å². The van der Waals surface area contributed by atoms with E-state index in [-0.39, 0.29) is 12.5 Å². The number of cyclic esters (lactones) is 1. The van der Waals surface area contributed by atoms with Crippen molar-refractivity contribution >= 4 is 20.3 Å². The molecule has 4 atom stereocenters. The van der Waals surface area contributed by atoms with Crippen molar-refractivity contribution < 1.29 is 23.5 Å². The zero-order chi connectivity index (χ0) is 26.0. The molecule has 194 valence electrons. The van der Waals surface area contributed by atoms with Crippen LogP contribution in [0.3, 0.4) is 0 Å². The predicted molar refractivity (Wildman–Crippen MR) is 138 cm³/mol. The number of carbonyl (C=O) groups excluding carboxylic acids is 2. The van der Waals surface area contributed by atoms with Crippen molar-refractivity contribution in [2.75, 3.05) is 6.61 Å². The fraction of sp³-hybridized carbons (Fsp3) is 0.519. The Hall–Kier alpha value is -2.75. The second kappa shape index (κ2) is 10.7. The van der Waals surface area contributed by atoms with Crippen LogP contribution in [0.5, 0.6) is 0 Å². The summed E-state index contributed by atoms with van der Waals surface area (Å²) in [5.41, 5.74) is 2.52. The van der Waals surface area contributed by atoms with Gasteiger partial charge in [-0.2, -0.15) is 0 Å². The molecule has 4 rings (SSSR count). The number of nitrogens with zero attached hydrogens (tertiary/aromatic N) is 2. The van der Waals surface area contributed by atoms with Gasteiger partial charge in [-0.05, 0) is 28.3 Å². The van der Waals surface area contributed by atoms with Crippen molar-refractivity contribution in [3.8, 4) is 0 Å². The average molecular weight is 512 g/mol. The second-order valence-electron chi connectivity index (χ2n) is 10.5. The van der Waals surface area contributed by atoms with Crippen molar-refractivity contribution in [3.05, 3.63) is 66.0 Å². The maximum absolute atomic E-state index is 13.8. The molecule has 0 saturated carbocycles. The molecule has 2 saturated heterocycles. The minimum atomic E-state index is -2.37. The summed E-state index contributed by atoms with van der Waals surface area (Å²) in [6, 6.07) is 11.9. The van der Waals surface area contributed by atoms with Gasteiger partial charge in [0.1, 0.15) is 18.8 Å². The SMILES string of the molecule is CC(C)[Si](O[C@@H]1NC(=O)C(N2C(=O)OC[C@@H]2c2ccccc2)C(c2cccnc2)O1)(C(C)C)C(C)C. The molecule has 2 aliphatic heterocycles. The first-order chi connectivity index (χ1) is 17.2. The highest BCUT2D eigenvalue weighted by Gasteiger charge is 2.53. The van der Waals surface area contributed by atoms with Crippen LogP contribution in [0.15, 0.2) is 54.9 Å². The van der Waals surface area contributed by atoms with Gasteiger partial charge < -0.3 is 19.2 Å². The fourth-order valence-electron chi connectivity index (χ4n) is 5.98. The lowest BCUT2D eigenvalue weighted by atomic mass is 9.97. The van der Waals surface area contributed by atoms with Gasteiger partial charge in [0.05, 0.1) is 6.04 Å². The number of rotatable bonds is 8. The van der Waals surface area contributed by atoms with Gasteiger partial charge in [-0.15, -0.1) is 0 Å². The Morgan fingerprint density at radius 1 is 0.972 bits per heavy atom. The molecule has 0 radical (unpaired) electrons. The monoisotopic (exact) mass is 511 g/mol. The van der Waals surface area contributed by atoms with E-state index >= 15 is 0 Å². The number of nitrogens with one attached hydrogen (secondary N) is 1. The number of hydrogen-bond acceptors (Lipinski definition) is 6. The van der Waals surface area contributed by atoms with E-state index in [1.807, 2.05) is 36.4 Å². The van der Waals surface area contributed by atoms with Crippen LogP contribution in [0.4, 0.5) is 4.79 Å². The number of amides is 2. The number of benzene rings is 1. The molecule has 36 heavy (non-hydrogen) atoms. The van der Waals surface area contributed by atoms with E-state index in [2.05, 4.69) is 51.8 Å². The third kappa shape index (κ3) is 4.79. The van der Waals surface area contributed by atoms with Gasteiger partial charge >= 0.3 is 6.09 Å². The van der Waals surface area contributed by atoms with Crippen molar-refractivity contribution in [2.45, 2.75) is 82.8 Å². The molecule has 2 fully saturated rings. The zero-order valence-electron chi connectivity index (χ0n) is 21.9. The Balaban J connectivity index is 1.71. The van der Waals surface area contributed by atoms with E-state index in [1.54, 1.807) is 18.5 Å². The molecule has 2 aromatic rings. The summed E-state index contributed by atoms with van der Waals surface area (Å²) in [4.78, 5) is 32.5. The number of hydrogen-bond donors (Lipinski definition) is 1. The highest BCUT2D eigenvalue weighted by atomic mass is 28.4. The quantitative estimate of drug-likeness (QED) is 0.483. The summed E-state index contributed by atoms with van der Waals surface area (Å²) in [5, 5.41) is 2.94. The Morgan fingerprint density at radius 2 is 1.61 bits per heavy atom. The third-order valence-electron chi connectivity index (χ3n) is 7.51. The van der Waals surface area contributed by atoms with E-state index in [0.29, 0.717) is 22.2 Å². The molecule has 2 aliphatic rings. The van der Waals surface area contributed by atoms with Gasteiger partial charge in [0, 0.05) is 18.0 Å². The van der Waals surface area contributed by atoms with E-state index < -0.39 is 39.0 Å². The molecule has 3 heterocycles. The molecule has 1 aromatic carbocycles. The van der Waals surface area contributed by atoms with Crippen LogP contribution in [-0.2, 0) is 18.7 Å². The van der Waals surface area contributed by atoms with Gasteiger partial charge in [-0.25, -0.2) is 4.79 Å². The normalized spacial score (nSPS) is 25.0. The van der Waals surface area contributed by atoms with Crippen molar-refractivity contribution in [1.29, 1.82) is 0 Å². The van der Waals surface area contributed by atoms with Crippen LogP contribution in [0.2, 0.25) is 16.6 Å². The Labute approximate surface area is 214 Å². The minimum absolute atomic E-state index is 0.163. The number of pyridine rings is 1. The van der Waals surface area contributed by atoms with Crippen LogP contribution < -0.4 is 5.32 Å². The lowest BCUT2D eigenvalue weighted by Gasteiger charge is -2.47. The van der Waals surface area contributed by atoms with Crippen LogP contribution >= 0.6 is 0 Å². The van der Waals surface area contributed by atoms with Crippen molar-refractivity contribution in [3.63, 3.8) is 0 Å². The molecule has 9 heteroatoms. The molecular formula is C27H37N3O5Si. The first-order valence-corrected chi connectivity index (χ1v) is 14.8. The first-order valence-electron chi connectivity index (χ1n) is 12.7. The summed E-state index contributed by atoms with van der Waals surface area (Å²) in [6.45, 7) is 13.3. The van der Waals surface area contributed by atoms with Gasteiger partial charge in [0.25, 0.3) is 0 Å². The van der Waals surface area contributed by atoms with E-state index in [0.717, 1.165) is 5.56 Å². The molecular weight excluding hydrogens is 474 g/mol. The van der Waals surface area contributed by atoms with Crippen molar-refractivity contribution in [2.24, 2.45) is 0 Å². The summed E-state index contributed by atoms with van der Waals surface area (Å²) in [7, 11) is -2.37. The standard InChI is InChI=1S/C27H37N3O5Si/c1-17(2)36(18(3)4,19(5)6)35-26-29-25(31)23(24(34-26)21-13-10-14-28-15-21)30-22(16-33-27(30)32)20-11-8-7-9-12-20/h7-15,17-19,22-24,26H,16H2,1-6H3,(H,29,31)/t22-,23?,24?,26-/m1/s1. The maximum atomic E-state index is 13.8. The fourth-order valence-corrected chi connectivity index (χ4v) is 11.3. The molecule has 8 nitrogen and oxygen atoms in total. The Bertz CT molecular complexity index is 1030. The summed E-state index contributed by atoms with van der Waals surface area (Å²) in [6.07, 6.45) is 1.10. The highest BCUT2D eigenvalue weighted by Crippen LogP contribution is 2.44. The topological polar surface area (TPSA) is 90.0 Å². The van der Waals surface area contributed by atoms with Gasteiger partial charge in [-0.3, -0.25) is 14.7 Å². The minimum Gasteiger partial charge on any atom is -0.447 e. The number of carbonyl (C=O) groups is 2. The number of aromatic nitrogens is 1. The van der Waals surface area contributed by atoms with Crippen LogP contribution in [0.1, 0.15) is 64.8 Å². The van der Waals surface area contributed by atoms with E-state index in [1.165, 1.54) is 4.90 Å². The molecule has 0 bridgehead atoms. The predicted octanol–water partition coefficient (Wildman–Crippen LogP) is 5.31. The van der Waals surface area contributed by atoms with Gasteiger partial charge in [0.2, 0.25) is 20.6 Å². The smallest absolute Gasteiger partial charge is 0.411 e. The highest BCUT2D eigenvalue weighted by molar-refractivity contribution is 6.77. The molecule has 0 spiro atoms. The summed E-state index contributed by atoms with van der Waals surface area (Å²) in [5.74, 6) is -0.334. The lowest BCUT2D eigenvalue weighted by Crippen LogP contribution is -2.63. The first kappa shape index (κ1) is 26.3.